The largest absolute Gasteiger partial charge is 0.381 e. The minimum absolute atomic E-state index is 0.759. The van der Waals surface area contributed by atoms with Crippen LogP contribution in [0.2, 0.25) is 0 Å². The van der Waals surface area contributed by atoms with Gasteiger partial charge >= 0.3 is 0 Å². The van der Waals surface area contributed by atoms with E-state index >= 15 is 0 Å². The maximum absolute atomic E-state index is 4.22. The summed E-state index contributed by atoms with van der Waals surface area (Å²) in [6.45, 7) is 7.42. The maximum Gasteiger partial charge on any atom is 0.0708 e. The Morgan fingerprint density at radius 2 is 2.04 bits per heavy atom. The molecular formula is C20H25N5S. The van der Waals surface area contributed by atoms with Gasteiger partial charge in [-0.1, -0.05) is 0 Å². The summed E-state index contributed by atoms with van der Waals surface area (Å²) >= 11 is 1.70. The van der Waals surface area contributed by atoms with Crippen molar-refractivity contribution in [1.82, 2.24) is 15.1 Å². The first kappa shape index (κ1) is 17.1. The monoisotopic (exact) mass is 367 g/mol. The topological polar surface area (TPSA) is 47.2 Å². The number of piperazine rings is 1. The van der Waals surface area contributed by atoms with Crippen molar-refractivity contribution >= 4 is 22.7 Å². The smallest absolute Gasteiger partial charge is 0.0708 e. The average Bonchev–Trinajstić information content (AvgIpc) is 3.32. The number of aromatic nitrogens is 2. The summed E-state index contributed by atoms with van der Waals surface area (Å²) < 4.78 is 0. The van der Waals surface area contributed by atoms with Crippen LogP contribution in [0.5, 0.6) is 0 Å². The second-order valence-electron chi connectivity index (χ2n) is 6.93. The van der Waals surface area contributed by atoms with Crippen LogP contribution >= 0.6 is 11.3 Å². The number of anilines is 2. The first-order chi connectivity index (χ1) is 12.7. The van der Waals surface area contributed by atoms with Crippen molar-refractivity contribution < 1.29 is 0 Å². The zero-order valence-electron chi connectivity index (χ0n) is 15.3. The number of likely N-dealkylation sites (N-methyl/N-ethyl adjacent to an activating group) is 1. The van der Waals surface area contributed by atoms with E-state index in [4.69, 9.17) is 0 Å². The van der Waals surface area contributed by atoms with Gasteiger partial charge in [0, 0.05) is 60.6 Å². The minimum Gasteiger partial charge on any atom is -0.381 e. The molecule has 136 valence electrons. The Labute approximate surface area is 158 Å². The highest BCUT2D eigenvalue weighted by Gasteiger charge is 2.16. The van der Waals surface area contributed by atoms with Gasteiger partial charge in [0.2, 0.25) is 0 Å². The predicted molar refractivity (Wildman–Crippen MR) is 110 cm³/mol. The number of rotatable bonds is 5. The van der Waals surface area contributed by atoms with Crippen molar-refractivity contribution in [2.45, 2.75) is 13.5 Å². The Bertz CT molecular complexity index is 847. The fraction of sp³-hybridized carbons (Fsp3) is 0.350. The third-order valence-corrected chi connectivity index (χ3v) is 5.73. The number of aryl methyl sites for hydroxylation is 1. The number of aromatic amines is 1. The van der Waals surface area contributed by atoms with Crippen molar-refractivity contribution in [3.05, 3.63) is 52.3 Å². The van der Waals surface area contributed by atoms with Gasteiger partial charge in [0.25, 0.3) is 0 Å². The minimum atomic E-state index is 0.759. The molecule has 0 saturated carbocycles. The Morgan fingerprint density at radius 1 is 1.19 bits per heavy atom. The first-order valence-corrected chi connectivity index (χ1v) is 9.98. The van der Waals surface area contributed by atoms with Crippen LogP contribution in [0, 0.1) is 6.92 Å². The Kier molecular flexibility index (Phi) is 4.95. The predicted octanol–water partition coefficient (Wildman–Crippen LogP) is 3.81. The molecule has 2 aromatic heterocycles. The number of H-pyrrole nitrogens is 1. The highest BCUT2D eigenvalue weighted by Crippen LogP contribution is 2.27. The third kappa shape index (κ3) is 3.61. The van der Waals surface area contributed by atoms with Crippen molar-refractivity contribution in [3.63, 3.8) is 0 Å². The molecule has 3 aromatic rings. The molecule has 1 aliphatic rings. The number of hydrogen-bond acceptors (Lipinski definition) is 5. The molecular weight excluding hydrogens is 342 g/mol. The van der Waals surface area contributed by atoms with Gasteiger partial charge in [0.15, 0.2) is 0 Å². The van der Waals surface area contributed by atoms with Gasteiger partial charge in [-0.2, -0.15) is 16.4 Å². The summed E-state index contributed by atoms with van der Waals surface area (Å²) in [6, 6.07) is 8.80. The summed E-state index contributed by atoms with van der Waals surface area (Å²) in [4.78, 5) is 4.88. The molecule has 3 heterocycles. The number of hydrogen-bond donors (Lipinski definition) is 2. The second kappa shape index (κ2) is 7.51. The van der Waals surface area contributed by atoms with Gasteiger partial charge < -0.3 is 15.1 Å². The number of thiophene rings is 1. The molecule has 0 atom stereocenters. The maximum atomic E-state index is 4.22. The fourth-order valence-electron chi connectivity index (χ4n) is 3.47. The third-order valence-electron chi connectivity index (χ3n) is 5.05. The van der Waals surface area contributed by atoms with E-state index in [1.54, 1.807) is 11.3 Å². The van der Waals surface area contributed by atoms with Gasteiger partial charge in [0.1, 0.15) is 0 Å². The SMILES string of the molecule is Cc1cc(NCc2cn[nH]c2-c2ccsc2)ccc1N1CCN(C)CC1. The van der Waals surface area contributed by atoms with Crippen molar-refractivity contribution in [2.75, 3.05) is 43.4 Å². The highest BCUT2D eigenvalue weighted by atomic mass is 32.1. The van der Waals surface area contributed by atoms with Gasteiger partial charge in [0.05, 0.1) is 11.9 Å². The molecule has 0 unspecified atom stereocenters. The van der Waals surface area contributed by atoms with E-state index in [2.05, 4.69) is 74.3 Å². The average molecular weight is 368 g/mol. The van der Waals surface area contributed by atoms with E-state index in [0.717, 1.165) is 44.1 Å². The van der Waals surface area contributed by atoms with Crippen LogP contribution in [0.4, 0.5) is 11.4 Å². The lowest BCUT2D eigenvalue weighted by molar-refractivity contribution is 0.312. The van der Waals surface area contributed by atoms with Gasteiger partial charge in [-0.15, -0.1) is 0 Å². The molecule has 1 fully saturated rings. The van der Waals surface area contributed by atoms with Crippen LogP contribution < -0.4 is 10.2 Å². The highest BCUT2D eigenvalue weighted by molar-refractivity contribution is 7.08. The molecule has 2 N–H and O–H groups in total. The van der Waals surface area contributed by atoms with Crippen LogP contribution in [0.3, 0.4) is 0 Å². The van der Waals surface area contributed by atoms with Gasteiger partial charge in [-0.25, -0.2) is 0 Å². The molecule has 0 aliphatic carbocycles. The first-order valence-electron chi connectivity index (χ1n) is 9.03. The summed E-state index contributed by atoms with van der Waals surface area (Å²) in [5, 5.41) is 15.1. The molecule has 0 spiro atoms. The molecule has 1 aliphatic heterocycles. The normalized spacial score (nSPS) is 15.4. The summed E-state index contributed by atoms with van der Waals surface area (Å²) in [5.41, 5.74) is 7.31. The van der Waals surface area contributed by atoms with Gasteiger partial charge in [-0.3, -0.25) is 5.10 Å². The standard InChI is InChI=1S/C20H25N5S/c1-15-11-18(3-4-19(15)25-8-6-24(2)7-9-25)21-12-17-13-22-23-20(17)16-5-10-26-14-16/h3-5,10-11,13-14,21H,6-9,12H2,1-2H3,(H,22,23). The van der Waals surface area contributed by atoms with Crippen molar-refractivity contribution in [2.24, 2.45) is 0 Å². The van der Waals surface area contributed by atoms with E-state index in [9.17, 15) is 0 Å². The van der Waals surface area contributed by atoms with Crippen LogP contribution in [0.15, 0.2) is 41.2 Å². The number of nitrogens with one attached hydrogen (secondary N) is 2. The zero-order chi connectivity index (χ0) is 17.9. The second-order valence-corrected chi connectivity index (χ2v) is 7.71. The molecule has 0 bridgehead atoms. The quantitative estimate of drug-likeness (QED) is 0.720. The lowest BCUT2D eigenvalue weighted by Gasteiger charge is -2.35. The van der Waals surface area contributed by atoms with Crippen molar-refractivity contribution in [1.29, 1.82) is 0 Å². The summed E-state index contributed by atoms with van der Waals surface area (Å²) in [6.07, 6.45) is 1.91. The van der Waals surface area contributed by atoms with Crippen LogP contribution in [-0.2, 0) is 6.54 Å². The number of benzene rings is 1. The number of nitrogens with zero attached hydrogens (tertiary/aromatic N) is 3. The van der Waals surface area contributed by atoms with Crippen LogP contribution in [0.25, 0.3) is 11.3 Å². The van der Waals surface area contributed by atoms with E-state index in [1.165, 1.54) is 22.4 Å². The molecule has 1 aromatic carbocycles. The van der Waals surface area contributed by atoms with Crippen LogP contribution in [-0.4, -0.2) is 48.3 Å². The Morgan fingerprint density at radius 3 is 2.77 bits per heavy atom. The summed E-state index contributed by atoms with van der Waals surface area (Å²) in [7, 11) is 2.19. The lowest BCUT2D eigenvalue weighted by atomic mass is 10.1. The van der Waals surface area contributed by atoms with Crippen LogP contribution in [0.1, 0.15) is 11.1 Å². The van der Waals surface area contributed by atoms with E-state index in [-0.39, 0.29) is 0 Å². The molecule has 4 rings (SSSR count). The van der Waals surface area contributed by atoms with E-state index < -0.39 is 0 Å². The molecule has 5 nitrogen and oxygen atoms in total. The Balaban J connectivity index is 1.43. The lowest BCUT2D eigenvalue weighted by Crippen LogP contribution is -2.44. The molecule has 26 heavy (non-hydrogen) atoms. The molecule has 6 heteroatoms. The molecule has 0 amide bonds. The summed E-state index contributed by atoms with van der Waals surface area (Å²) in [5.74, 6) is 0. The Hall–Kier alpha value is -2.31. The molecule has 1 saturated heterocycles. The zero-order valence-corrected chi connectivity index (χ0v) is 16.1. The van der Waals surface area contributed by atoms with Crippen molar-refractivity contribution in [3.8, 4) is 11.3 Å². The fourth-order valence-corrected chi connectivity index (χ4v) is 4.11. The van der Waals surface area contributed by atoms with Gasteiger partial charge in [-0.05, 0) is 49.2 Å². The molecule has 0 radical (unpaired) electrons. The van der Waals surface area contributed by atoms with E-state index in [1.807, 2.05) is 6.20 Å². The van der Waals surface area contributed by atoms with E-state index in [0.29, 0.717) is 0 Å².